The van der Waals surface area contributed by atoms with Crippen LogP contribution in [-0.4, -0.2) is 22.4 Å². The lowest BCUT2D eigenvalue weighted by atomic mass is 9.91. The molecule has 0 aliphatic carbocycles. The summed E-state index contributed by atoms with van der Waals surface area (Å²) in [6, 6.07) is 0. The Bertz CT molecular complexity index is 270. The third kappa shape index (κ3) is 6.54. The molecular weight excluding hydrogens is 232 g/mol. The molecule has 17 heavy (non-hydrogen) atoms. The molecule has 0 rings (SSSR count). The van der Waals surface area contributed by atoms with Crippen molar-refractivity contribution in [2.24, 2.45) is 11.8 Å². The van der Waals surface area contributed by atoms with Crippen LogP contribution in [0.25, 0.3) is 0 Å². The Balaban J connectivity index is 4.60. The first kappa shape index (κ1) is 15.4. The molecule has 0 saturated carbocycles. The van der Waals surface area contributed by atoms with E-state index in [1.807, 2.05) is 13.8 Å². The summed E-state index contributed by atoms with van der Waals surface area (Å²) in [6.07, 6.45) is -1.27. The van der Waals surface area contributed by atoms with E-state index in [2.05, 4.69) is 9.68 Å². The zero-order valence-electron chi connectivity index (χ0n) is 10.4. The zero-order valence-corrected chi connectivity index (χ0v) is 10.4. The lowest BCUT2D eigenvalue weighted by Crippen LogP contribution is -2.38. The highest BCUT2D eigenvalue weighted by Gasteiger charge is 2.30. The second kappa shape index (κ2) is 6.87. The molecule has 0 radical (unpaired) electrons. The van der Waals surface area contributed by atoms with Gasteiger partial charge in [0, 0.05) is 0 Å². The summed E-state index contributed by atoms with van der Waals surface area (Å²) in [6.45, 7) is 7.04. The predicted octanol–water partition coefficient (Wildman–Crippen LogP) is 1.84. The average Bonchev–Trinajstić information content (AvgIpc) is 2.11. The maximum Gasteiger partial charge on any atom is 0.294 e. The Morgan fingerprint density at radius 2 is 1.47 bits per heavy atom. The SMILES string of the molecule is CC(C)CC(C)C(O[N+](=O)[O-])C(C)O[N+](=O)[O-]. The molecule has 0 aromatic heterocycles. The van der Waals surface area contributed by atoms with Crippen LogP contribution in [0.1, 0.15) is 34.1 Å². The van der Waals surface area contributed by atoms with Gasteiger partial charge in [0.05, 0.1) is 0 Å². The van der Waals surface area contributed by atoms with Gasteiger partial charge in [0.15, 0.2) is 0 Å². The van der Waals surface area contributed by atoms with Gasteiger partial charge >= 0.3 is 0 Å². The average molecular weight is 250 g/mol. The minimum Gasteiger partial charge on any atom is -0.309 e. The van der Waals surface area contributed by atoms with Crippen LogP contribution in [0.15, 0.2) is 0 Å². The van der Waals surface area contributed by atoms with Crippen LogP contribution >= 0.6 is 0 Å². The summed E-state index contributed by atoms with van der Waals surface area (Å²) in [4.78, 5) is 29.3. The largest absolute Gasteiger partial charge is 0.309 e. The molecule has 3 unspecified atom stereocenters. The van der Waals surface area contributed by atoms with Gasteiger partial charge in [-0.15, -0.1) is 20.2 Å². The summed E-state index contributed by atoms with van der Waals surface area (Å²) in [5, 5.41) is 18.6. The lowest BCUT2D eigenvalue weighted by Gasteiger charge is -2.27. The summed E-state index contributed by atoms with van der Waals surface area (Å²) in [5.41, 5.74) is 0. The summed E-state index contributed by atoms with van der Waals surface area (Å²) < 4.78 is 0. The van der Waals surface area contributed by atoms with Gasteiger partial charge in [-0.3, -0.25) is 0 Å². The van der Waals surface area contributed by atoms with Gasteiger partial charge in [-0.05, 0) is 25.2 Å². The van der Waals surface area contributed by atoms with Crippen molar-refractivity contribution in [1.29, 1.82) is 0 Å². The van der Waals surface area contributed by atoms with Gasteiger partial charge in [0.2, 0.25) is 0 Å². The van der Waals surface area contributed by atoms with Crippen LogP contribution in [0.3, 0.4) is 0 Å². The van der Waals surface area contributed by atoms with Crippen LogP contribution in [0, 0.1) is 32.1 Å². The van der Waals surface area contributed by atoms with Gasteiger partial charge < -0.3 is 9.68 Å². The van der Waals surface area contributed by atoms with E-state index in [1.165, 1.54) is 6.92 Å². The van der Waals surface area contributed by atoms with Crippen LogP contribution in [0.2, 0.25) is 0 Å². The first-order valence-electron chi connectivity index (χ1n) is 5.36. The van der Waals surface area contributed by atoms with E-state index in [4.69, 9.17) is 0 Å². The Hall–Kier alpha value is -1.60. The Labute approximate surface area is 99.1 Å². The molecule has 3 atom stereocenters. The molecular formula is C9H18N2O6. The van der Waals surface area contributed by atoms with Gasteiger partial charge in [-0.1, -0.05) is 20.8 Å². The van der Waals surface area contributed by atoms with Crippen LogP contribution < -0.4 is 0 Å². The van der Waals surface area contributed by atoms with Crippen molar-refractivity contribution >= 4 is 0 Å². The van der Waals surface area contributed by atoms with Crippen molar-refractivity contribution in [3.63, 3.8) is 0 Å². The fraction of sp³-hybridized carbons (Fsp3) is 1.00. The molecule has 0 saturated heterocycles. The van der Waals surface area contributed by atoms with Gasteiger partial charge in [0.1, 0.15) is 12.2 Å². The van der Waals surface area contributed by atoms with Crippen LogP contribution in [-0.2, 0) is 9.68 Å². The Morgan fingerprint density at radius 3 is 1.82 bits per heavy atom. The summed E-state index contributed by atoms with van der Waals surface area (Å²) >= 11 is 0. The third-order valence-electron chi connectivity index (χ3n) is 2.33. The normalized spacial score (nSPS) is 16.1. The third-order valence-corrected chi connectivity index (χ3v) is 2.33. The molecule has 0 bridgehead atoms. The van der Waals surface area contributed by atoms with Gasteiger partial charge in [-0.25, -0.2) is 0 Å². The zero-order chi connectivity index (χ0) is 13.6. The smallest absolute Gasteiger partial charge is 0.294 e. The van der Waals surface area contributed by atoms with E-state index < -0.39 is 22.4 Å². The first-order chi connectivity index (χ1) is 7.73. The standard InChI is InChI=1S/C9H18N2O6/c1-6(2)5-7(3)9(17-11(14)15)8(4)16-10(12)13/h6-9H,5H2,1-4H3. The fourth-order valence-corrected chi connectivity index (χ4v) is 1.83. The molecule has 100 valence electrons. The second-order valence-electron chi connectivity index (χ2n) is 4.43. The molecule has 0 aromatic rings. The van der Waals surface area contributed by atoms with Crippen molar-refractivity contribution in [3.8, 4) is 0 Å². The van der Waals surface area contributed by atoms with E-state index in [-0.39, 0.29) is 5.92 Å². The Kier molecular flexibility index (Phi) is 6.22. The molecule has 0 heterocycles. The monoisotopic (exact) mass is 250 g/mol. The van der Waals surface area contributed by atoms with E-state index in [1.54, 1.807) is 6.92 Å². The highest BCUT2D eigenvalue weighted by molar-refractivity contribution is 4.72. The van der Waals surface area contributed by atoms with Gasteiger partial charge in [0.25, 0.3) is 10.2 Å². The van der Waals surface area contributed by atoms with Crippen molar-refractivity contribution in [1.82, 2.24) is 0 Å². The minimum absolute atomic E-state index is 0.213. The van der Waals surface area contributed by atoms with Crippen molar-refractivity contribution in [3.05, 3.63) is 20.2 Å². The van der Waals surface area contributed by atoms with E-state index in [0.29, 0.717) is 12.3 Å². The summed E-state index contributed by atoms with van der Waals surface area (Å²) in [5.74, 6) is 0.0982. The number of hydrogen-bond acceptors (Lipinski definition) is 6. The fourth-order valence-electron chi connectivity index (χ4n) is 1.83. The molecule has 0 aromatic carbocycles. The molecule has 0 aliphatic rings. The maximum atomic E-state index is 10.3. The number of nitrogens with zero attached hydrogens (tertiary/aromatic N) is 2. The number of rotatable bonds is 8. The highest BCUT2D eigenvalue weighted by atomic mass is 17.0. The van der Waals surface area contributed by atoms with Crippen molar-refractivity contribution < 1.29 is 19.8 Å². The topological polar surface area (TPSA) is 105 Å². The van der Waals surface area contributed by atoms with E-state index in [9.17, 15) is 20.2 Å². The highest BCUT2D eigenvalue weighted by Crippen LogP contribution is 2.21. The lowest BCUT2D eigenvalue weighted by molar-refractivity contribution is -0.799. The predicted molar refractivity (Wildman–Crippen MR) is 58.0 cm³/mol. The summed E-state index contributed by atoms with van der Waals surface area (Å²) in [7, 11) is 0. The molecule has 0 fully saturated rings. The second-order valence-corrected chi connectivity index (χ2v) is 4.43. The van der Waals surface area contributed by atoms with Crippen LogP contribution in [0.5, 0.6) is 0 Å². The number of hydrogen-bond donors (Lipinski definition) is 0. The molecule has 0 N–H and O–H groups in total. The molecule has 8 nitrogen and oxygen atoms in total. The molecule has 0 aliphatic heterocycles. The quantitative estimate of drug-likeness (QED) is 0.480. The molecule has 0 amide bonds. The van der Waals surface area contributed by atoms with Crippen LogP contribution in [0.4, 0.5) is 0 Å². The van der Waals surface area contributed by atoms with E-state index >= 15 is 0 Å². The Morgan fingerprint density at radius 1 is 1.00 bits per heavy atom. The minimum atomic E-state index is -0.982. The van der Waals surface area contributed by atoms with Crippen molar-refractivity contribution in [2.75, 3.05) is 0 Å². The maximum absolute atomic E-state index is 10.3. The molecule has 8 heteroatoms. The molecule has 0 spiro atoms. The first-order valence-corrected chi connectivity index (χ1v) is 5.36. The van der Waals surface area contributed by atoms with E-state index in [0.717, 1.165) is 0 Å². The van der Waals surface area contributed by atoms with Gasteiger partial charge in [-0.2, -0.15) is 0 Å². The van der Waals surface area contributed by atoms with Crippen molar-refractivity contribution in [2.45, 2.75) is 46.3 Å².